The van der Waals surface area contributed by atoms with E-state index in [1.165, 1.54) is 0 Å². The van der Waals surface area contributed by atoms with E-state index >= 15 is 0 Å². The van der Waals surface area contributed by atoms with E-state index in [-0.39, 0.29) is 0 Å². The number of H-pyrrole nitrogens is 2. The molecule has 0 aliphatic rings. The maximum absolute atomic E-state index is 11.8. The number of carbonyl (C=O) groups is 1. The zero-order valence-electron chi connectivity index (χ0n) is 16.8. The lowest BCUT2D eigenvalue weighted by Crippen LogP contribution is -2.13. The van der Waals surface area contributed by atoms with Crippen LogP contribution in [0.4, 0.5) is 0 Å². The summed E-state index contributed by atoms with van der Waals surface area (Å²) in [5.41, 5.74) is 4.36. The first-order valence-corrected chi connectivity index (χ1v) is 10.2. The molecule has 0 aliphatic carbocycles. The molecule has 0 amide bonds. The van der Waals surface area contributed by atoms with Gasteiger partial charge in [-0.1, -0.05) is 62.9 Å². The van der Waals surface area contributed by atoms with Gasteiger partial charge in [-0.15, -0.1) is 10.2 Å². The summed E-state index contributed by atoms with van der Waals surface area (Å²) in [6, 6.07) is 13.7. The number of imidazole rings is 1. The minimum Gasteiger partial charge on any atom is -0.481 e. The third-order valence-electron chi connectivity index (χ3n) is 5.30. The number of aromatic amines is 2. The summed E-state index contributed by atoms with van der Waals surface area (Å²) >= 11 is 0. The first-order chi connectivity index (χ1) is 14.7. The number of fused-ring (bicyclic) bond motifs is 1. The van der Waals surface area contributed by atoms with Crippen molar-refractivity contribution in [2.45, 2.75) is 44.9 Å². The molecule has 3 N–H and O–H groups in total. The molecule has 2 heterocycles. The van der Waals surface area contributed by atoms with Crippen molar-refractivity contribution < 1.29 is 9.90 Å². The fraction of sp³-hybridized carbons (Fsp3) is 0.318. The Bertz CT molecular complexity index is 1140. The van der Waals surface area contributed by atoms with Crippen LogP contribution in [-0.4, -0.2) is 41.7 Å². The average molecular weight is 404 g/mol. The number of aliphatic carboxylic acids is 1. The minimum atomic E-state index is -0.840. The second-order valence-electron chi connectivity index (χ2n) is 7.38. The van der Waals surface area contributed by atoms with Gasteiger partial charge in [-0.3, -0.25) is 4.79 Å². The molecule has 1 atom stereocenters. The predicted molar refractivity (Wildman–Crippen MR) is 114 cm³/mol. The lowest BCUT2D eigenvalue weighted by molar-refractivity contribution is -0.139. The summed E-state index contributed by atoms with van der Waals surface area (Å²) in [5.74, 6) is -0.427. The van der Waals surface area contributed by atoms with E-state index in [1.54, 1.807) is 0 Å². The molecule has 2 aromatic carbocycles. The molecule has 0 saturated heterocycles. The molecule has 1 unspecified atom stereocenters. The number of nitrogens with zero attached hydrogens (tertiary/aromatic N) is 4. The van der Waals surface area contributed by atoms with Crippen LogP contribution in [0.15, 0.2) is 42.5 Å². The highest BCUT2D eigenvalue weighted by molar-refractivity contribution is 5.87. The molecule has 8 heteroatoms. The zero-order valence-corrected chi connectivity index (χ0v) is 16.8. The van der Waals surface area contributed by atoms with E-state index < -0.39 is 11.9 Å². The molecule has 2 aromatic heterocycles. The molecule has 4 aromatic rings. The number of carboxylic acids is 1. The molecule has 154 valence electrons. The van der Waals surface area contributed by atoms with E-state index in [0.717, 1.165) is 53.4 Å². The second-order valence-corrected chi connectivity index (χ2v) is 7.38. The number of aromatic nitrogens is 6. The van der Waals surface area contributed by atoms with Crippen LogP contribution in [-0.2, 0) is 4.79 Å². The number of benzene rings is 2. The highest BCUT2D eigenvalue weighted by Crippen LogP contribution is 2.32. The van der Waals surface area contributed by atoms with E-state index in [0.29, 0.717) is 18.1 Å². The molecular weight excluding hydrogens is 380 g/mol. The van der Waals surface area contributed by atoms with Gasteiger partial charge in [0.15, 0.2) is 0 Å². The molecule has 0 aliphatic heterocycles. The van der Waals surface area contributed by atoms with Gasteiger partial charge in [-0.2, -0.15) is 5.21 Å². The first kappa shape index (κ1) is 19.8. The topological polar surface area (TPSA) is 120 Å². The third-order valence-corrected chi connectivity index (χ3v) is 5.30. The minimum absolute atomic E-state index is 0.512. The Morgan fingerprint density at radius 3 is 2.67 bits per heavy atom. The van der Waals surface area contributed by atoms with Crippen LogP contribution in [0.25, 0.3) is 33.5 Å². The van der Waals surface area contributed by atoms with E-state index in [4.69, 9.17) is 0 Å². The van der Waals surface area contributed by atoms with Gasteiger partial charge < -0.3 is 10.1 Å². The monoisotopic (exact) mass is 404 g/mol. The largest absolute Gasteiger partial charge is 0.481 e. The predicted octanol–water partition coefficient (Wildman–Crippen LogP) is 4.55. The summed E-state index contributed by atoms with van der Waals surface area (Å²) in [6.07, 6.45) is 4.75. The molecule has 30 heavy (non-hydrogen) atoms. The van der Waals surface area contributed by atoms with E-state index in [2.05, 4.69) is 37.5 Å². The molecule has 0 fully saturated rings. The van der Waals surface area contributed by atoms with Crippen molar-refractivity contribution in [1.82, 2.24) is 30.6 Å². The lowest BCUT2D eigenvalue weighted by atomic mass is 9.99. The Kier molecular flexibility index (Phi) is 5.83. The fourth-order valence-corrected chi connectivity index (χ4v) is 3.72. The number of unbranched alkanes of at least 4 members (excludes halogenated alkanes) is 3. The number of hydrogen-bond acceptors (Lipinski definition) is 5. The SMILES string of the molecule is CCCCCCC(C(=O)O)c1nc2ccc(-c3ccccc3-c3nn[nH]n3)cc2[nH]1. The average Bonchev–Trinajstić information content (AvgIpc) is 3.43. The summed E-state index contributed by atoms with van der Waals surface area (Å²) in [6.45, 7) is 2.14. The third kappa shape index (κ3) is 4.07. The standard InChI is InChI=1S/C22H24N6O2/c1-2-3-4-5-10-17(22(29)30)20-23-18-12-11-14(13-19(18)24-20)15-8-6-7-9-16(15)21-25-27-28-26-21/h6-9,11-13,17H,2-5,10H2,1H3,(H,23,24)(H,29,30)(H,25,26,27,28). The normalized spacial score (nSPS) is 12.3. The van der Waals surface area contributed by atoms with Crippen LogP contribution in [0.1, 0.15) is 50.8 Å². The second kappa shape index (κ2) is 8.86. The summed E-state index contributed by atoms with van der Waals surface area (Å²) in [4.78, 5) is 19.6. The highest BCUT2D eigenvalue weighted by atomic mass is 16.4. The lowest BCUT2D eigenvalue weighted by Gasteiger charge is -2.09. The number of hydrogen-bond donors (Lipinski definition) is 3. The number of carboxylic acid groups (broad SMARTS) is 1. The number of rotatable bonds is 9. The van der Waals surface area contributed by atoms with Crippen LogP contribution in [0.3, 0.4) is 0 Å². The van der Waals surface area contributed by atoms with Gasteiger partial charge in [0, 0.05) is 5.56 Å². The Hall–Kier alpha value is -3.55. The van der Waals surface area contributed by atoms with Crippen molar-refractivity contribution >= 4 is 17.0 Å². The summed E-state index contributed by atoms with van der Waals surface area (Å²) in [7, 11) is 0. The van der Waals surface area contributed by atoms with Gasteiger partial charge in [0.05, 0.1) is 11.0 Å². The highest BCUT2D eigenvalue weighted by Gasteiger charge is 2.23. The summed E-state index contributed by atoms with van der Waals surface area (Å²) in [5, 5.41) is 24.0. The molecule has 0 radical (unpaired) electrons. The molecule has 0 saturated carbocycles. The quantitative estimate of drug-likeness (QED) is 0.352. The molecule has 0 spiro atoms. The summed E-state index contributed by atoms with van der Waals surface area (Å²) < 4.78 is 0. The van der Waals surface area contributed by atoms with E-state index in [9.17, 15) is 9.90 Å². The molecule has 8 nitrogen and oxygen atoms in total. The van der Waals surface area contributed by atoms with Crippen molar-refractivity contribution in [1.29, 1.82) is 0 Å². The van der Waals surface area contributed by atoms with Crippen molar-refractivity contribution in [2.75, 3.05) is 0 Å². The molecular formula is C22H24N6O2. The van der Waals surface area contributed by atoms with Gasteiger partial charge in [-0.05, 0) is 34.9 Å². The van der Waals surface area contributed by atoms with Crippen molar-refractivity contribution in [2.24, 2.45) is 0 Å². The molecule has 4 rings (SSSR count). The molecule has 0 bridgehead atoms. The van der Waals surface area contributed by atoms with Crippen LogP contribution >= 0.6 is 0 Å². The van der Waals surface area contributed by atoms with Gasteiger partial charge in [0.2, 0.25) is 5.82 Å². The maximum atomic E-state index is 11.8. The van der Waals surface area contributed by atoms with Crippen LogP contribution in [0.5, 0.6) is 0 Å². The van der Waals surface area contributed by atoms with Crippen LogP contribution < -0.4 is 0 Å². The smallest absolute Gasteiger partial charge is 0.314 e. The van der Waals surface area contributed by atoms with E-state index in [1.807, 2.05) is 42.5 Å². The zero-order chi connectivity index (χ0) is 20.9. The Morgan fingerprint density at radius 2 is 1.93 bits per heavy atom. The fourth-order valence-electron chi connectivity index (χ4n) is 3.72. The van der Waals surface area contributed by atoms with Crippen molar-refractivity contribution in [3.05, 3.63) is 48.3 Å². The van der Waals surface area contributed by atoms with Crippen molar-refractivity contribution in [3.8, 4) is 22.5 Å². The van der Waals surface area contributed by atoms with Crippen molar-refractivity contribution in [3.63, 3.8) is 0 Å². The van der Waals surface area contributed by atoms with Crippen LogP contribution in [0, 0.1) is 0 Å². The Labute approximate surface area is 173 Å². The maximum Gasteiger partial charge on any atom is 0.314 e. The van der Waals surface area contributed by atoms with Gasteiger partial charge in [0.25, 0.3) is 0 Å². The van der Waals surface area contributed by atoms with Gasteiger partial charge in [0.1, 0.15) is 11.7 Å². The Balaban J connectivity index is 1.66. The van der Waals surface area contributed by atoms with Gasteiger partial charge in [-0.25, -0.2) is 4.98 Å². The van der Waals surface area contributed by atoms with Crippen LogP contribution in [0.2, 0.25) is 0 Å². The van der Waals surface area contributed by atoms with Gasteiger partial charge >= 0.3 is 5.97 Å². The number of nitrogens with one attached hydrogen (secondary N) is 2. The Morgan fingerprint density at radius 1 is 1.10 bits per heavy atom. The first-order valence-electron chi connectivity index (χ1n) is 10.2. The number of tetrazole rings is 1.